The van der Waals surface area contributed by atoms with E-state index in [1.807, 2.05) is 30.3 Å². The first-order chi connectivity index (χ1) is 10.2. The summed E-state index contributed by atoms with van der Waals surface area (Å²) in [4.78, 5) is 0. The van der Waals surface area contributed by atoms with Crippen LogP contribution >= 0.6 is 35.0 Å². The fraction of sp³-hybridized carbons (Fsp3) is 0.0667. The molecule has 0 amide bonds. The van der Waals surface area contributed by atoms with E-state index in [1.165, 1.54) is 23.5 Å². The zero-order chi connectivity index (χ0) is 15.1. The van der Waals surface area contributed by atoms with E-state index in [0.29, 0.717) is 20.8 Å². The number of benzene rings is 2. The number of rotatable bonds is 4. The maximum atomic E-state index is 6.03. The molecule has 0 heterocycles. The number of amidine groups is 1. The van der Waals surface area contributed by atoms with E-state index in [9.17, 15) is 0 Å². The second-order valence-corrected chi connectivity index (χ2v) is 5.90. The predicted octanol–water partition coefficient (Wildman–Crippen LogP) is 4.58. The van der Waals surface area contributed by atoms with Gasteiger partial charge in [-0.2, -0.15) is 5.10 Å². The first-order valence-electron chi connectivity index (χ1n) is 6.14. The van der Waals surface area contributed by atoms with E-state index < -0.39 is 0 Å². The van der Waals surface area contributed by atoms with E-state index in [4.69, 9.17) is 28.9 Å². The highest BCUT2D eigenvalue weighted by Gasteiger charge is 2.01. The molecule has 0 bridgehead atoms. The van der Waals surface area contributed by atoms with E-state index in [-0.39, 0.29) is 0 Å². The highest BCUT2D eigenvalue weighted by Crippen LogP contribution is 2.22. The molecule has 0 radical (unpaired) electrons. The Balaban J connectivity index is 1.95. The fourth-order valence-electron chi connectivity index (χ4n) is 1.54. The molecule has 2 aromatic carbocycles. The summed E-state index contributed by atoms with van der Waals surface area (Å²) in [6, 6.07) is 15.3. The van der Waals surface area contributed by atoms with Crippen molar-refractivity contribution in [2.75, 3.05) is 0 Å². The van der Waals surface area contributed by atoms with Gasteiger partial charge >= 0.3 is 0 Å². The van der Waals surface area contributed by atoms with Crippen molar-refractivity contribution in [2.24, 2.45) is 15.9 Å². The highest BCUT2D eigenvalue weighted by molar-refractivity contribution is 8.13. The van der Waals surface area contributed by atoms with Gasteiger partial charge in [-0.1, -0.05) is 71.4 Å². The van der Waals surface area contributed by atoms with Crippen molar-refractivity contribution in [1.29, 1.82) is 0 Å². The molecule has 0 aliphatic carbocycles. The van der Waals surface area contributed by atoms with E-state index in [0.717, 1.165) is 5.75 Å². The maximum absolute atomic E-state index is 6.03. The van der Waals surface area contributed by atoms with E-state index >= 15 is 0 Å². The molecule has 0 aromatic heterocycles. The number of halogens is 2. The Kier molecular flexibility index (Phi) is 6.11. The van der Waals surface area contributed by atoms with Crippen molar-refractivity contribution in [3.63, 3.8) is 0 Å². The average Bonchev–Trinajstić information content (AvgIpc) is 2.49. The van der Waals surface area contributed by atoms with Gasteiger partial charge < -0.3 is 5.73 Å². The van der Waals surface area contributed by atoms with Gasteiger partial charge in [-0.15, -0.1) is 5.10 Å². The molecular weight excluding hydrogens is 325 g/mol. The molecule has 0 spiro atoms. The number of hydrogen-bond acceptors (Lipinski definition) is 3. The standard InChI is InChI=1S/C15H13Cl2N3S/c16-13-7-4-8-14(17)12(13)9-19-20-15(18)21-10-11-5-2-1-3-6-11/h1-9H,10H2,(H2,18,20). The summed E-state index contributed by atoms with van der Waals surface area (Å²) in [5.41, 5.74) is 7.60. The van der Waals surface area contributed by atoms with Crippen LogP contribution in [0.15, 0.2) is 58.7 Å². The molecule has 21 heavy (non-hydrogen) atoms. The quantitative estimate of drug-likeness (QED) is 0.504. The predicted molar refractivity (Wildman–Crippen MR) is 93.4 cm³/mol. The topological polar surface area (TPSA) is 50.7 Å². The Morgan fingerprint density at radius 2 is 1.71 bits per heavy atom. The van der Waals surface area contributed by atoms with Gasteiger partial charge in [-0.3, -0.25) is 0 Å². The Bertz CT molecular complexity index is 637. The lowest BCUT2D eigenvalue weighted by atomic mass is 10.2. The number of hydrogen-bond donors (Lipinski definition) is 1. The molecule has 6 heteroatoms. The van der Waals surface area contributed by atoms with Crippen LogP contribution in [0.4, 0.5) is 0 Å². The molecule has 0 aliphatic heterocycles. The second kappa shape index (κ2) is 8.08. The SMILES string of the molecule is NC(=NN=Cc1c(Cl)cccc1Cl)SCc1ccccc1. The summed E-state index contributed by atoms with van der Waals surface area (Å²) < 4.78 is 0. The zero-order valence-corrected chi connectivity index (χ0v) is 13.4. The van der Waals surface area contributed by atoms with Gasteiger partial charge in [0.05, 0.1) is 16.3 Å². The lowest BCUT2D eigenvalue weighted by Gasteiger charge is -2.00. The minimum absolute atomic E-state index is 0.387. The molecule has 0 saturated carbocycles. The van der Waals surface area contributed by atoms with Gasteiger partial charge in [0.25, 0.3) is 0 Å². The van der Waals surface area contributed by atoms with Crippen molar-refractivity contribution in [3.05, 3.63) is 69.7 Å². The second-order valence-electron chi connectivity index (χ2n) is 4.09. The Morgan fingerprint density at radius 1 is 1.05 bits per heavy atom. The maximum Gasteiger partial charge on any atom is 0.180 e. The lowest BCUT2D eigenvalue weighted by Crippen LogP contribution is -2.06. The number of nitrogens with zero attached hydrogens (tertiary/aromatic N) is 2. The van der Waals surface area contributed by atoms with Crippen LogP contribution < -0.4 is 5.73 Å². The Labute approximate surface area is 137 Å². The summed E-state index contributed by atoms with van der Waals surface area (Å²) in [5.74, 6) is 0.749. The van der Waals surface area contributed by atoms with Crippen LogP contribution in [0, 0.1) is 0 Å². The van der Waals surface area contributed by atoms with Crippen LogP contribution in [-0.4, -0.2) is 11.4 Å². The first kappa shape index (κ1) is 15.9. The van der Waals surface area contributed by atoms with E-state index in [1.54, 1.807) is 18.2 Å². The summed E-state index contributed by atoms with van der Waals surface area (Å²) >= 11 is 13.5. The van der Waals surface area contributed by atoms with Crippen LogP contribution in [0.1, 0.15) is 11.1 Å². The Hall–Kier alpha value is -1.49. The van der Waals surface area contributed by atoms with Crippen molar-refractivity contribution < 1.29 is 0 Å². The number of thioether (sulfide) groups is 1. The van der Waals surface area contributed by atoms with Crippen molar-refractivity contribution >= 4 is 46.3 Å². The molecule has 0 atom stereocenters. The monoisotopic (exact) mass is 337 g/mol. The van der Waals surface area contributed by atoms with Crippen LogP contribution in [0.5, 0.6) is 0 Å². The normalized spacial score (nSPS) is 12.0. The molecule has 2 aromatic rings. The molecule has 108 valence electrons. The van der Waals surface area contributed by atoms with Crippen LogP contribution in [-0.2, 0) is 5.75 Å². The Morgan fingerprint density at radius 3 is 2.38 bits per heavy atom. The van der Waals surface area contributed by atoms with Gasteiger partial charge in [0.15, 0.2) is 5.17 Å². The third-order valence-electron chi connectivity index (χ3n) is 2.57. The summed E-state index contributed by atoms with van der Waals surface area (Å²) in [5, 5.41) is 9.29. The van der Waals surface area contributed by atoms with Crippen molar-refractivity contribution in [2.45, 2.75) is 5.75 Å². The molecule has 2 rings (SSSR count). The largest absolute Gasteiger partial charge is 0.377 e. The molecule has 0 fully saturated rings. The third-order valence-corrected chi connectivity index (χ3v) is 4.09. The molecule has 0 saturated heterocycles. The van der Waals surface area contributed by atoms with Crippen molar-refractivity contribution in [1.82, 2.24) is 0 Å². The lowest BCUT2D eigenvalue weighted by molar-refractivity contribution is 1.25. The van der Waals surface area contributed by atoms with Gasteiger partial charge in [0.2, 0.25) is 0 Å². The zero-order valence-electron chi connectivity index (χ0n) is 11.0. The van der Waals surface area contributed by atoms with Gasteiger partial charge in [0, 0.05) is 11.3 Å². The van der Waals surface area contributed by atoms with Gasteiger partial charge in [-0.25, -0.2) is 0 Å². The summed E-state index contributed by atoms with van der Waals surface area (Å²) in [7, 11) is 0. The summed E-state index contributed by atoms with van der Waals surface area (Å²) in [6.45, 7) is 0. The molecule has 0 unspecified atom stereocenters. The van der Waals surface area contributed by atoms with Crippen LogP contribution in [0.2, 0.25) is 10.0 Å². The minimum Gasteiger partial charge on any atom is -0.377 e. The van der Waals surface area contributed by atoms with E-state index in [2.05, 4.69) is 10.2 Å². The third kappa shape index (κ3) is 5.08. The minimum atomic E-state index is 0.387. The summed E-state index contributed by atoms with van der Waals surface area (Å²) in [6.07, 6.45) is 1.50. The molecule has 3 nitrogen and oxygen atoms in total. The average molecular weight is 338 g/mol. The molecule has 0 aliphatic rings. The molecular formula is C15H13Cl2N3S. The van der Waals surface area contributed by atoms with Gasteiger partial charge in [-0.05, 0) is 17.7 Å². The smallest absolute Gasteiger partial charge is 0.180 e. The van der Waals surface area contributed by atoms with Gasteiger partial charge in [0.1, 0.15) is 0 Å². The fourth-order valence-corrected chi connectivity index (χ4v) is 2.64. The first-order valence-corrected chi connectivity index (χ1v) is 7.88. The van der Waals surface area contributed by atoms with Crippen molar-refractivity contribution in [3.8, 4) is 0 Å². The molecule has 2 N–H and O–H groups in total. The number of nitrogens with two attached hydrogens (primary N) is 1. The van der Waals surface area contributed by atoms with Crippen LogP contribution in [0.3, 0.4) is 0 Å². The van der Waals surface area contributed by atoms with Crippen LogP contribution in [0.25, 0.3) is 0 Å². The highest BCUT2D eigenvalue weighted by atomic mass is 35.5.